The summed E-state index contributed by atoms with van der Waals surface area (Å²) in [5.74, 6) is 0. The molecule has 0 aliphatic carbocycles. The zero-order chi connectivity index (χ0) is 6.08. The van der Waals surface area contributed by atoms with Gasteiger partial charge < -0.3 is 0 Å². The third-order valence-electron chi connectivity index (χ3n) is 0.467. The van der Waals surface area contributed by atoms with E-state index in [0.717, 1.165) is 0 Å². The molecule has 46 valence electrons. The Morgan fingerprint density at radius 2 is 1.62 bits per heavy atom. The lowest BCUT2D eigenvalue weighted by Gasteiger charge is -2.06. The number of alkyl halides is 1. The van der Waals surface area contributed by atoms with Crippen molar-refractivity contribution in [3.05, 3.63) is 7.43 Å². The second kappa shape index (κ2) is 3.62. The van der Waals surface area contributed by atoms with E-state index in [2.05, 4.69) is 31.9 Å². The minimum absolute atomic E-state index is 0. The van der Waals surface area contributed by atoms with E-state index in [1.165, 1.54) is 0 Å². The van der Waals surface area contributed by atoms with Crippen LogP contribution in [0.5, 0.6) is 0 Å². The van der Waals surface area contributed by atoms with Crippen molar-refractivity contribution in [1.82, 2.24) is 0 Å². The van der Waals surface area contributed by atoms with E-state index in [0.29, 0.717) is 0 Å². The lowest BCUT2D eigenvalue weighted by Crippen LogP contribution is -2.17. The average Bonchev–Trinajstić information content (AvgIpc) is 1.31. The number of rotatable bonds is 1. The number of hydrogen-bond donors (Lipinski definition) is 0. The minimum Gasteiger partial charge on any atom is -0.285 e. The Kier molecular flexibility index (Phi) is 5.17. The molecule has 8 heavy (non-hydrogen) atoms. The normalized spacial score (nSPS) is 10.0. The molecule has 0 aliphatic heterocycles. The average molecular weight is 242 g/mol. The molecule has 0 fully saturated rings. The highest BCUT2D eigenvalue weighted by Gasteiger charge is 2.19. The van der Waals surface area contributed by atoms with Crippen LogP contribution in [0, 0.1) is 7.43 Å². The first-order valence-corrected chi connectivity index (χ1v) is 3.42. The van der Waals surface area contributed by atoms with Gasteiger partial charge in [0, 0.05) is 7.43 Å². The Balaban J connectivity index is 0. The summed E-state index contributed by atoms with van der Waals surface area (Å²) in [6.07, 6.45) is 0. The van der Waals surface area contributed by atoms with Crippen molar-refractivity contribution < 1.29 is 4.79 Å². The van der Waals surface area contributed by atoms with Crippen molar-refractivity contribution in [3.63, 3.8) is 0 Å². The monoisotopic (exact) mass is 240 g/mol. The van der Waals surface area contributed by atoms with Crippen molar-refractivity contribution in [1.29, 1.82) is 0 Å². The van der Waals surface area contributed by atoms with Gasteiger partial charge >= 0.3 is 0 Å². The molecule has 0 heterocycles. The van der Waals surface area contributed by atoms with Crippen LogP contribution in [0.1, 0.15) is 13.8 Å². The Labute approximate surface area is 67.1 Å². The first-order valence-electron chi connectivity index (χ1n) is 1.83. The zero-order valence-corrected chi connectivity index (χ0v) is 7.84. The summed E-state index contributed by atoms with van der Waals surface area (Å²) in [5, 5.41) is 0. The van der Waals surface area contributed by atoms with Crippen molar-refractivity contribution in [2.24, 2.45) is 0 Å². The van der Waals surface area contributed by atoms with E-state index in [9.17, 15) is 4.79 Å². The van der Waals surface area contributed by atoms with E-state index in [-0.39, 0.29) is 12.1 Å². The van der Waals surface area contributed by atoms with Crippen LogP contribution in [0.15, 0.2) is 0 Å². The summed E-state index contributed by atoms with van der Waals surface area (Å²) in [6, 6.07) is 0. The lowest BCUT2D eigenvalue weighted by molar-refractivity contribution is -0.111. The fraction of sp³-hybridized carbons (Fsp3) is 0.600. The lowest BCUT2D eigenvalue weighted by atomic mass is 10.3. The first-order chi connectivity index (χ1) is 2.94. The van der Waals surface area contributed by atoms with E-state index in [1.54, 1.807) is 13.8 Å². The molecule has 0 saturated heterocycles. The SMILES string of the molecule is CC(C)(Br)C(=O)Br.[C]. The van der Waals surface area contributed by atoms with Crippen LogP contribution in [-0.2, 0) is 4.79 Å². The molecule has 0 unspecified atom stereocenters. The summed E-state index contributed by atoms with van der Waals surface area (Å²) in [6.45, 7) is 3.56. The van der Waals surface area contributed by atoms with Crippen molar-refractivity contribution >= 4 is 36.6 Å². The van der Waals surface area contributed by atoms with Crippen molar-refractivity contribution in [3.8, 4) is 0 Å². The summed E-state index contributed by atoms with van der Waals surface area (Å²) in [7, 11) is 0. The van der Waals surface area contributed by atoms with Crippen LogP contribution in [0.25, 0.3) is 0 Å². The molecule has 0 rings (SSSR count). The topological polar surface area (TPSA) is 17.1 Å². The molecule has 0 aromatic rings. The van der Waals surface area contributed by atoms with Crippen LogP contribution < -0.4 is 0 Å². The van der Waals surface area contributed by atoms with Crippen LogP contribution >= 0.6 is 31.9 Å². The van der Waals surface area contributed by atoms with E-state index in [4.69, 9.17) is 0 Å². The third kappa shape index (κ3) is 4.78. The maximum Gasteiger partial charge on any atom is 0.213 e. The number of halogens is 2. The Hall–Kier alpha value is 0.630. The molecule has 0 amide bonds. The predicted molar refractivity (Wildman–Crippen MR) is 40.2 cm³/mol. The Morgan fingerprint density at radius 1 is 1.50 bits per heavy atom. The van der Waals surface area contributed by atoms with Crippen LogP contribution in [0.2, 0.25) is 0 Å². The molecule has 0 spiro atoms. The largest absolute Gasteiger partial charge is 0.285 e. The highest BCUT2D eigenvalue weighted by Crippen LogP contribution is 2.19. The predicted octanol–water partition coefficient (Wildman–Crippen LogP) is 2.16. The molecule has 0 aromatic heterocycles. The molecule has 4 radical (unpaired) electrons. The van der Waals surface area contributed by atoms with Gasteiger partial charge in [-0.25, -0.2) is 0 Å². The second-order valence-corrected chi connectivity index (χ2v) is 4.45. The van der Waals surface area contributed by atoms with Gasteiger partial charge in [0.2, 0.25) is 4.69 Å². The maximum absolute atomic E-state index is 10.3. The number of hydrogen-bond acceptors (Lipinski definition) is 1. The van der Waals surface area contributed by atoms with Gasteiger partial charge in [0.15, 0.2) is 0 Å². The summed E-state index contributed by atoms with van der Waals surface area (Å²) < 4.78 is -0.437. The molecule has 0 bridgehead atoms. The van der Waals surface area contributed by atoms with Crippen LogP contribution in [0.4, 0.5) is 0 Å². The Bertz CT molecular complexity index is 82.9. The smallest absolute Gasteiger partial charge is 0.213 e. The zero-order valence-electron chi connectivity index (χ0n) is 4.66. The number of carbonyl (C=O) groups excluding carboxylic acids is 1. The van der Waals surface area contributed by atoms with Gasteiger partial charge in [-0.2, -0.15) is 0 Å². The standard InChI is InChI=1S/C4H6Br2O.C/c1-4(2,6)3(5)7;/h1-2H3;. The van der Waals surface area contributed by atoms with Gasteiger partial charge in [0.1, 0.15) is 0 Å². The maximum atomic E-state index is 10.3. The van der Waals surface area contributed by atoms with Gasteiger partial charge in [-0.15, -0.1) is 0 Å². The van der Waals surface area contributed by atoms with Gasteiger partial charge in [-0.05, 0) is 29.8 Å². The van der Waals surface area contributed by atoms with Gasteiger partial charge in [-0.3, -0.25) is 4.79 Å². The highest BCUT2D eigenvalue weighted by atomic mass is 79.9. The van der Waals surface area contributed by atoms with Crippen LogP contribution in [-0.4, -0.2) is 9.02 Å². The highest BCUT2D eigenvalue weighted by molar-refractivity contribution is 9.20. The summed E-state index contributed by atoms with van der Waals surface area (Å²) in [4.78, 5) is 10.3. The second-order valence-electron chi connectivity index (χ2n) is 1.75. The summed E-state index contributed by atoms with van der Waals surface area (Å²) >= 11 is 5.96. The molecular formula is C5H6Br2O. The van der Waals surface area contributed by atoms with E-state index >= 15 is 0 Å². The fourth-order valence-corrected chi connectivity index (χ4v) is 0. The quantitative estimate of drug-likeness (QED) is 0.508. The van der Waals surface area contributed by atoms with Gasteiger partial charge in [0.25, 0.3) is 0 Å². The molecular weight excluding hydrogens is 236 g/mol. The van der Waals surface area contributed by atoms with Crippen LogP contribution in [0.3, 0.4) is 0 Å². The first kappa shape index (κ1) is 11.4. The van der Waals surface area contributed by atoms with Crippen molar-refractivity contribution in [2.75, 3.05) is 0 Å². The van der Waals surface area contributed by atoms with E-state index < -0.39 is 4.32 Å². The molecule has 0 aromatic carbocycles. The molecule has 0 N–H and O–H groups in total. The van der Waals surface area contributed by atoms with Gasteiger partial charge in [-0.1, -0.05) is 15.9 Å². The number of carbonyl (C=O) groups is 1. The molecule has 0 atom stereocenters. The minimum atomic E-state index is -0.410. The van der Waals surface area contributed by atoms with Crippen molar-refractivity contribution in [2.45, 2.75) is 18.2 Å². The molecule has 0 aliphatic rings. The Morgan fingerprint density at radius 3 is 1.62 bits per heavy atom. The molecule has 1 nitrogen and oxygen atoms in total. The third-order valence-corrected chi connectivity index (χ3v) is 2.35. The van der Waals surface area contributed by atoms with Gasteiger partial charge in [0.05, 0.1) is 4.32 Å². The van der Waals surface area contributed by atoms with E-state index in [1.807, 2.05) is 0 Å². The molecule has 3 heteroatoms. The molecule has 0 saturated carbocycles. The summed E-state index contributed by atoms with van der Waals surface area (Å²) in [5.41, 5.74) is 0. The fourth-order valence-electron chi connectivity index (χ4n) is 0.